The molecule has 9 nitrogen and oxygen atoms in total. The lowest BCUT2D eigenvalue weighted by Crippen LogP contribution is -2.41. The summed E-state index contributed by atoms with van der Waals surface area (Å²) in [6, 6.07) is 8.57. The second kappa shape index (κ2) is 10.9. The largest absolute Gasteiger partial charge is 0.398 e. The molecule has 0 saturated carbocycles. The van der Waals surface area contributed by atoms with Crippen molar-refractivity contribution in [1.29, 1.82) is 0 Å². The molecule has 0 radical (unpaired) electrons. The Morgan fingerprint density at radius 3 is 2.69 bits per heavy atom. The van der Waals surface area contributed by atoms with E-state index in [1.54, 1.807) is 23.6 Å². The molecule has 2 fully saturated rings. The minimum Gasteiger partial charge on any atom is -0.398 e. The molecule has 2 aliphatic heterocycles. The fraction of sp³-hybridized carbons (Fsp3) is 0.462. The van der Waals surface area contributed by atoms with Gasteiger partial charge in [0.25, 0.3) is 5.95 Å². The van der Waals surface area contributed by atoms with Crippen LogP contribution in [0.1, 0.15) is 24.0 Å². The van der Waals surface area contributed by atoms with Crippen molar-refractivity contribution in [2.45, 2.75) is 25.8 Å². The van der Waals surface area contributed by atoms with Crippen LogP contribution in [-0.4, -0.2) is 85.6 Å². The van der Waals surface area contributed by atoms with Crippen LogP contribution in [0.15, 0.2) is 35.3 Å². The number of piperidine rings is 1. The summed E-state index contributed by atoms with van der Waals surface area (Å²) >= 11 is 1.67. The van der Waals surface area contributed by atoms with E-state index in [0.29, 0.717) is 36.5 Å². The van der Waals surface area contributed by atoms with Crippen LogP contribution in [0.25, 0.3) is 16.0 Å². The Balaban J connectivity index is 1.45. The smallest absolute Gasteiger partial charge is 0.253 e. The van der Waals surface area contributed by atoms with Crippen molar-refractivity contribution in [2.75, 3.05) is 63.3 Å². The van der Waals surface area contributed by atoms with Crippen molar-refractivity contribution in [3.05, 3.63) is 41.5 Å². The third kappa shape index (κ3) is 5.50. The number of allylic oxidation sites excluding steroid dienone is 1. The van der Waals surface area contributed by atoms with Crippen LogP contribution in [0.2, 0.25) is 0 Å². The van der Waals surface area contributed by atoms with Gasteiger partial charge in [-0.15, -0.1) is 0 Å². The predicted octanol–water partition coefficient (Wildman–Crippen LogP) is 3.46. The quantitative estimate of drug-likeness (QED) is 0.508. The fourth-order valence-electron chi connectivity index (χ4n) is 4.63. The minimum absolute atomic E-state index is 0.385. The summed E-state index contributed by atoms with van der Waals surface area (Å²) in [6.07, 6.45) is 5.72. The van der Waals surface area contributed by atoms with Crippen LogP contribution in [0, 0.1) is 6.92 Å². The average Bonchev–Trinajstić information content (AvgIpc) is 3.33. The second-order valence-corrected chi connectivity index (χ2v) is 10.5. The number of aromatic nitrogens is 3. The summed E-state index contributed by atoms with van der Waals surface area (Å²) in [4.78, 5) is 26.0. The summed E-state index contributed by atoms with van der Waals surface area (Å²) in [5, 5.41) is 0.980. The Morgan fingerprint density at radius 1 is 1.17 bits per heavy atom. The van der Waals surface area contributed by atoms with Crippen molar-refractivity contribution in [3.8, 4) is 0 Å². The number of benzene rings is 1. The molecule has 5 rings (SSSR count). The van der Waals surface area contributed by atoms with Gasteiger partial charge in [-0.3, -0.25) is 0 Å². The summed E-state index contributed by atoms with van der Waals surface area (Å²) in [5.74, 6) is 1.27. The van der Waals surface area contributed by atoms with Gasteiger partial charge in [-0.2, -0.15) is 15.0 Å². The number of likely N-dealkylation sites (tertiary alicyclic amines) is 1. The maximum Gasteiger partial charge on any atom is 0.253 e. The number of ether oxygens (including phenoxy) is 1. The molecule has 2 aliphatic rings. The Hall–Kier alpha value is -3.08. The molecular formula is C26H34N8OS. The van der Waals surface area contributed by atoms with Crippen LogP contribution in [0.4, 0.5) is 16.9 Å². The molecule has 2 aromatic heterocycles. The number of aliphatic imine (C=N–C) groups is 1. The van der Waals surface area contributed by atoms with E-state index in [4.69, 9.17) is 25.4 Å². The number of morpholine rings is 1. The van der Waals surface area contributed by atoms with Crippen molar-refractivity contribution in [1.82, 2.24) is 19.9 Å². The highest BCUT2D eigenvalue weighted by atomic mass is 32.1. The molecule has 0 atom stereocenters. The highest BCUT2D eigenvalue weighted by molar-refractivity contribution is 7.22. The van der Waals surface area contributed by atoms with Crippen LogP contribution in [0.5, 0.6) is 0 Å². The van der Waals surface area contributed by atoms with Crippen LogP contribution >= 0.6 is 11.3 Å². The van der Waals surface area contributed by atoms with E-state index < -0.39 is 0 Å². The standard InChI is InChI=1S/C26H34N8OS/c1-18-5-4-6-19(17-18)21(27)7-10-28-25-29-23-22(24(31-25)34-13-15-35-16-14-34)36-26(30-23)33(3)20-8-11-32(2)12-9-20/h4-7,10,17,20H,8-9,11-16,27H2,1-3H3/b21-7-,28-10+. The van der Waals surface area contributed by atoms with Gasteiger partial charge in [0.1, 0.15) is 4.70 Å². The Morgan fingerprint density at radius 2 is 1.94 bits per heavy atom. The molecule has 190 valence electrons. The molecular weight excluding hydrogens is 472 g/mol. The molecule has 4 heterocycles. The van der Waals surface area contributed by atoms with E-state index in [9.17, 15) is 0 Å². The highest BCUT2D eigenvalue weighted by Gasteiger charge is 2.25. The normalized spacial score (nSPS) is 18.4. The number of fused-ring (bicyclic) bond motifs is 1. The molecule has 0 bridgehead atoms. The Bertz CT molecular complexity index is 1260. The van der Waals surface area contributed by atoms with Gasteiger partial charge < -0.3 is 25.2 Å². The van der Waals surface area contributed by atoms with Crippen molar-refractivity contribution in [2.24, 2.45) is 10.7 Å². The zero-order valence-electron chi connectivity index (χ0n) is 21.2. The van der Waals surface area contributed by atoms with Gasteiger partial charge in [-0.1, -0.05) is 35.1 Å². The van der Waals surface area contributed by atoms with Gasteiger partial charge in [0.05, 0.1) is 13.2 Å². The van der Waals surface area contributed by atoms with Gasteiger partial charge in [-0.05, 0) is 57.6 Å². The van der Waals surface area contributed by atoms with Gasteiger partial charge in [0, 0.05) is 38.1 Å². The summed E-state index contributed by atoms with van der Waals surface area (Å²) in [7, 11) is 4.33. The molecule has 3 aromatic rings. The van der Waals surface area contributed by atoms with Crippen molar-refractivity contribution in [3.63, 3.8) is 0 Å². The van der Waals surface area contributed by atoms with Gasteiger partial charge in [0.15, 0.2) is 16.6 Å². The van der Waals surface area contributed by atoms with E-state index in [2.05, 4.69) is 39.9 Å². The van der Waals surface area contributed by atoms with E-state index in [1.165, 1.54) is 0 Å². The molecule has 36 heavy (non-hydrogen) atoms. The third-order valence-electron chi connectivity index (χ3n) is 6.86. The molecule has 2 N–H and O–H groups in total. The molecule has 2 saturated heterocycles. The van der Waals surface area contributed by atoms with Gasteiger partial charge in [0.2, 0.25) is 0 Å². The minimum atomic E-state index is 0.385. The molecule has 1 aromatic carbocycles. The average molecular weight is 507 g/mol. The first-order valence-electron chi connectivity index (χ1n) is 12.5. The molecule has 10 heteroatoms. The van der Waals surface area contributed by atoms with E-state index in [0.717, 1.165) is 65.8 Å². The first-order valence-corrected chi connectivity index (χ1v) is 13.3. The van der Waals surface area contributed by atoms with E-state index in [-0.39, 0.29) is 0 Å². The molecule has 0 amide bonds. The number of nitrogens with zero attached hydrogens (tertiary/aromatic N) is 7. The fourth-order valence-corrected chi connectivity index (χ4v) is 5.69. The maximum absolute atomic E-state index is 6.27. The van der Waals surface area contributed by atoms with Crippen LogP contribution < -0.4 is 15.5 Å². The summed E-state index contributed by atoms with van der Waals surface area (Å²) in [6.45, 7) is 7.20. The van der Waals surface area contributed by atoms with Crippen molar-refractivity contribution < 1.29 is 4.74 Å². The SMILES string of the molecule is Cc1cccc(/C(N)=C/C=N/c2nc(N3CCOCC3)c3sc(N(C)C4CCN(C)CC4)nc3n2)c1. The lowest BCUT2D eigenvalue weighted by molar-refractivity contribution is 0.122. The molecule has 0 spiro atoms. The van der Waals surface area contributed by atoms with E-state index >= 15 is 0 Å². The zero-order valence-corrected chi connectivity index (χ0v) is 22.0. The molecule has 0 aliphatic carbocycles. The predicted molar refractivity (Wildman–Crippen MR) is 149 cm³/mol. The highest BCUT2D eigenvalue weighted by Crippen LogP contribution is 2.36. The number of nitrogens with two attached hydrogens (primary N) is 1. The second-order valence-electron chi connectivity index (χ2n) is 9.51. The number of thiazole rings is 1. The lowest BCUT2D eigenvalue weighted by Gasteiger charge is -2.34. The zero-order chi connectivity index (χ0) is 25.1. The maximum atomic E-state index is 6.27. The number of hydrogen-bond acceptors (Lipinski definition) is 10. The first-order chi connectivity index (χ1) is 17.5. The number of rotatable bonds is 6. The van der Waals surface area contributed by atoms with Crippen molar-refractivity contribution >= 4 is 50.5 Å². The Kier molecular flexibility index (Phi) is 7.45. The number of aryl methyl sites for hydroxylation is 1. The number of anilines is 2. The third-order valence-corrected chi connectivity index (χ3v) is 7.99. The lowest BCUT2D eigenvalue weighted by atomic mass is 10.0. The van der Waals surface area contributed by atoms with Crippen LogP contribution in [-0.2, 0) is 4.74 Å². The monoisotopic (exact) mass is 506 g/mol. The molecule has 0 unspecified atom stereocenters. The van der Waals surface area contributed by atoms with Gasteiger partial charge >= 0.3 is 0 Å². The Labute approximate surface area is 216 Å². The first kappa shape index (κ1) is 24.6. The summed E-state index contributed by atoms with van der Waals surface area (Å²) in [5.41, 5.74) is 9.73. The topological polar surface area (TPSA) is 96.0 Å². The number of hydrogen-bond donors (Lipinski definition) is 1. The van der Waals surface area contributed by atoms with Gasteiger partial charge in [-0.25, -0.2) is 4.99 Å². The van der Waals surface area contributed by atoms with Crippen LogP contribution in [0.3, 0.4) is 0 Å². The summed E-state index contributed by atoms with van der Waals surface area (Å²) < 4.78 is 6.58. The van der Waals surface area contributed by atoms with E-state index in [1.807, 2.05) is 25.1 Å².